The van der Waals surface area contributed by atoms with E-state index in [1.807, 2.05) is 29.7 Å². The molecule has 0 aliphatic rings. The molecule has 5 heteroatoms. The number of thiophene rings is 1. The Morgan fingerprint density at radius 2 is 2.10 bits per heavy atom. The molecule has 0 amide bonds. The van der Waals surface area contributed by atoms with Crippen LogP contribution in [0.25, 0.3) is 0 Å². The van der Waals surface area contributed by atoms with Crippen molar-refractivity contribution in [3.05, 3.63) is 33.0 Å². The van der Waals surface area contributed by atoms with E-state index in [0.717, 1.165) is 24.8 Å². The molecular weight excluding hydrogens is 298 g/mol. The van der Waals surface area contributed by atoms with Gasteiger partial charge in [0.05, 0.1) is 12.2 Å². The predicted molar refractivity (Wildman–Crippen MR) is 94.6 cm³/mol. The lowest BCUT2D eigenvalue weighted by molar-refractivity contribution is 0.562. The Morgan fingerprint density at radius 1 is 1.33 bits per heavy atom. The van der Waals surface area contributed by atoms with E-state index in [4.69, 9.17) is 4.98 Å². The van der Waals surface area contributed by atoms with E-state index in [1.165, 1.54) is 15.4 Å². The van der Waals surface area contributed by atoms with E-state index in [0.29, 0.717) is 0 Å². The second kappa shape index (κ2) is 6.90. The summed E-state index contributed by atoms with van der Waals surface area (Å²) in [6, 6.07) is 4.31. The fourth-order valence-corrected chi connectivity index (χ4v) is 4.31. The summed E-state index contributed by atoms with van der Waals surface area (Å²) in [5.41, 5.74) is 1.31. The van der Waals surface area contributed by atoms with Gasteiger partial charge in [-0.3, -0.25) is 0 Å². The molecule has 1 N–H and O–H groups in total. The quantitative estimate of drug-likeness (QED) is 0.861. The fourth-order valence-electron chi connectivity index (χ4n) is 2.25. The molecule has 2 aromatic heterocycles. The average Bonchev–Trinajstić information content (AvgIpc) is 3.04. The van der Waals surface area contributed by atoms with Crippen molar-refractivity contribution in [2.75, 3.05) is 18.5 Å². The van der Waals surface area contributed by atoms with Crippen LogP contribution in [0, 0.1) is 0 Å². The Labute approximate surface area is 136 Å². The zero-order valence-corrected chi connectivity index (χ0v) is 15.2. The molecule has 2 aromatic rings. The van der Waals surface area contributed by atoms with Gasteiger partial charge in [-0.25, -0.2) is 4.98 Å². The molecule has 0 aliphatic carbocycles. The van der Waals surface area contributed by atoms with Crippen LogP contribution < -0.4 is 10.2 Å². The van der Waals surface area contributed by atoms with Crippen molar-refractivity contribution >= 4 is 27.8 Å². The first kappa shape index (κ1) is 16.5. The number of hydrogen-bond donors (Lipinski definition) is 1. The lowest BCUT2D eigenvalue weighted by Crippen LogP contribution is -2.22. The molecule has 2 rings (SSSR count). The van der Waals surface area contributed by atoms with Crippen LogP contribution >= 0.6 is 22.7 Å². The summed E-state index contributed by atoms with van der Waals surface area (Å²) in [6.45, 7) is 11.7. The molecule has 0 radical (unpaired) electrons. The third-order valence-corrected chi connectivity index (χ3v) is 5.29. The molecule has 0 aromatic carbocycles. The molecule has 0 saturated carbocycles. The van der Waals surface area contributed by atoms with Crippen molar-refractivity contribution < 1.29 is 0 Å². The molecule has 116 valence electrons. The second-order valence-electron chi connectivity index (χ2n) is 6.14. The highest BCUT2D eigenvalue weighted by Crippen LogP contribution is 2.34. The number of thiazole rings is 1. The largest absolute Gasteiger partial charge is 0.343 e. The monoisotopic (exact) mass is 323 g/mol. The van der Waals surface area contributed by atoms with E-state index in [-0.39, 0.29) is 5.41 Å². The zero-order chi connectivity index (χ0) is 15.5. The van der Waals surface area contributed by atoms with Crippen molar-refractivity contribution in [1.29, 1.82) is 0 Å². The number of hydrogen-bond acceptors (Lipinski definition) is 5. The molecule has 0 saturated heterocycles. The van der Waals surface area contributed by atoms with Gasteiger partial charge in [-0.05, 0) is 25.4 Å². The summed E-state index contributed by atoms with van der Waals surface area (Å²) in [4.78, 5) is 10.1. The number of nitrogens with zero attached hydrogens (tertiary/aromatic N) is 2. The summed E-state index contributed by atoms with van der Waals surface area (Å²) in [5, 5.41) is 6.54. The molecule has 0 fully saturated rings. The molecule has 21 heavy (non-hydrogen) atoms. The third-order valence-electron chi connectivity index (χ3n) is 3.31. The summed E-state index contributed by atoms with van der Waals surface area (Å²) in [7, 11) is 2.00. The van der Waals surface area contributed by atoms with E-state index in [2.05, 4.69) is 55.4 Å². The van der Waals surface area contributed by atoms with Crippen molar-refractivity contribution in [2.24, 2.45) is 0 Å². The smallest absolute Gasteiger partial charge is 0.186 e. The number of nitrogens with one attached hydrogen (secondary N) is 1. The number of anilines is 1. The highest BCUT2D eigenvalue weighted by molar-refractivity contribution is 7.15. The molecule has 2 heterocycles. The Bertz CT molecular complexity index is 553. The first-order valence-corrected chi connectivity index (χ1v) is 9.07. The Balaban J connectivity index is 2.29. The van der Waals surface area contributed by atoms with Crippen LogP contribution in [0.3, 0.4) is 0 Å². The van der Waals surface area contributed by atoms with Crippen molar-refractivity contribution in [3.8, 4) is 0 Å². The SMILES string of the molecule is CCN(Cc1cccs1)c1nc(C(C)(C)C)c(CNC)s1. The van der Waals surface area contributed by atoms with Crippen LogP contribution in [0.15, 0.2) is 17.5 Å². The van der Waals surface area contributed by atoms with Crippen molar-refractivity contribution in [2.45, 2.75) is 46.2 Å². The minimum absolute atomic E-state index is 0.0866. The first-order valence-electron chi connectivity index (χ1n) is 7.37. The molecule has 3 nitrogen and oxygen atoms in total. The van der Waals surface area contributed by atoms with Gasteiger partial charge in [0.25, 0.3) is 0 Å². The van der Waals surface area contributed by atoms with E-state index in [9.17, 15) is 0 Å². The zero-order valence-electron chi connectivity index (χ0n) is 13.6. The summed E-state index contributed by atoms with van der Waals surface area (Å²) in [5.74, 6) is 0. The highest BCUT2D eigenvalue weighted by atomic mass is 32.1. The lowest BCUT2D eigenvalue weighted by atomic mass is 9.91. The molecule has 0 unspecified atom stereocenters. The van der Waals surface area contributed by atoms with Gasteiger partial charge in [0.15, 0.2) is 5.13 Å². The second-order valence-corrected chi connectivity index (χ2v) is 8.24. The minimum Gasteiger partial charge on any atom is -0.343 e. The average molecular weight is 324 g/mol. The van der Waals surface area contributed by atoms with Gasteiger partial charge in [0.2, 0.25) is 0 Å². The summed E-state index contributed by atoms with van der Waals surface area (Å²) >= 11 is 3.63. The van der Waals surface area contributed by atoms with Gasteiger partial charge >= 0.3 is 0 Å². The van der Waals surface area contributed by atoms with E-state index >= 15 is 0 Å². The normalized spacial score (nSPS) is 11.9. The highest BCUT2D eigenvalue weighted by Gasteiger charge is 2.24. The predicted octanol–water partition coefficient (Wildman–Crippen LogP) is 4.25. The number of aromatic nitrogens is 1. The molecule has 0 bridgehead atoms. The van der Waals surface area contributed by atoms with Crippen LogP contribution in [-0.4, -0.2) is 18.6 Å². The maximum absolute atomic E-state index is 4.96. The Morgan fingerprint density at radius 3 is 2.62 bits per heavy atom. The molecule has 0 spiro atoms. The Hall–Kier alpha value is -0.910. The van der Waals surface area contributed by atoms with Crippen molar-refractivity contribution in [1.82, 2.24) is 10.3 Å². The maximum Gasteiger partial charge on any atom is 0.186 e. The van der Waals surface area contributed by atoms with Crippen molar-refractivity contribution in [3.63, 3.8) is 0 Å². The molecule has 0 atom stereocenters. The lowest BCUT2D eigenvalue weighted by Gasteiger charge is -2.20. The third kappa shape index (κ3) is 4.05. The summed E-state index contributed by atoms with van der Waals surface area (Å²) < 4.78 is 0. The van der Waals surface area contributed by atoms with Crippen LogP contribution in [0.2, 0.25) is 0 Å². The van der Waals surface area contributed by atoms with Gasteiger partial charge in [-0.15, -0.1) is 22.7 Å². The minimum atomic E-state index is 0.0866. The van der Waals surface area contributed by atoms with Crippen LogP contribution in [-0.2, 0) is 18.5 Å². The van der Waals surface area contributed by atoms with Gasteiger partial charge in [0, 0.05) is 28.3 Å². The first-order chi connectivity index (χ1) is 9.95. The summed E-state index contributed by atoms with van der Waals surface area (Å²) in [6.07, 6.45) is 0. The van der Waals surface area contributed by atoms with E-state index in [1.54, 1.807) is 0 Å². The van der Waals surface area contributed by atoms with Gasteiger partial charge in [0.1, 0.15) is 0 Å². The fraction of sp³-hybridized carbons (Fsp3) is 0.562. The number of rotatable bonds is 6. The van der Waals surface area contributed by atoms with Gasteiger partial charge in [-0.1, -0.05) is 26.8 Å². The standard InChI is InChI=1S/C16H25N3S2/c1-6-19(11-12-8-7-9-20-12)15-18-14(16(2,3)4)13(21-15)10-17-5/h7-9,17H,6,10-11H2,1-5H3. The Kier molecular flexibility index (Phi) is 5.41. The maximum atomic E-state index is 4.96. The van der Waals surface area contributed by atoms with E-state index < -0.39 is 0 Å². The molecular formula is C16H25N3S2. The van der Waals surface area contributed by atoms with Crippen LogP contribution in [0.1, 0.15) is 43.1 Å². The van der Waals surface area contributed by atoms with Crippen LogP contribution in [0.5, 0.6) is 0 Å². The van der Waals surface area contributed by atoms with Gasteiger partial charge < -0.3 is 10.2 Å². The molecule has 0 aliphatic heterocycles. The van der Waals surface area contributed by atoms with Crippen LogP contribution in [0.4, 0.5) is 5.13 Å². The van der Waals surface area contributed by atoms with Gasteiger partial charge in [-0.2, -0.15) is 0 Å². The topological polar surface area (TPSA) is 28.2 Å².